The SMILES string of the molecule is O=C1NCCN1c1cc(C(F)(F)F)ccn1. The first-order valence-electron chi connectivity index (χ1n) is 4.57. The Bertz CT molecular complexity index is 419. The molecule has 1 aromatic rings. The number of carbonyl (C=O) groups excluding carboxylic acids is 1. The Kier molecular flexibility index (Phi) is 2.45. The average molecular weight is 231 g/mol. The van der Waals surface area contributed by atoms with E-state index >= 15 is 0 Å². The average Bonchev–Trinajstić information content (AvgIpc) is 2.63. The second-order valence-electron chi connectivity index (χ2n) is 3.28. The number of aromatic nitrogens is 1. The highest BCUT2D eigenvalue weighted by Gasteiger charge is 2.32. The van der Waals surface area contributed by atoms with Gasteiger partial charge in [0, 0.05) is 19.3 Å². The Morgan fingerprint density at radius 2 is 2.19 bits per heavy atom. The van der Waals surface area contributed by atoms with Crippen molar-refractivity contribution in [1.82, 2.24) is 10.3 Å². The van der Waals surface area contributed by atoms with Gasteiger partial charge in [-0.3, -0.25) is 4.90 Å². The summed E-state index contributed by atoms with van der Waals surface area (Å²) in [5, 5.41) is 2.49. The maximum absolute atomic E-state index is 12.4. The minimum absolute atomic E-state index is 0.0184. The molecule has 0 unspecified atom stereocenters. The van der Waals surface area contributed by atoms with Gasteiger partial charge in [-0.05, 0) is 12.1 Å². The fourth-order valence-electron chi connectivity index (χ4n) is 1.43. The van der Waals surface area contributed by atoms with Crippen LogP contribution in [-0.2, 0) is 6.18 Å². The smallest absolute Gasteiger partial charge is 0.336 e. The van der Waals surface area contributed by atoms with Gasteiger partial charge in [-0.15, -0.1) is 0 Å². The van der Waals surface area contributed by atoms with Crippen molar-refractivity contribution in [3.8, 4) is 0 Å². The number of nitrogens with one attached hydrogen (secondary N) is 1. The molecule has 1 N–H and O–H groups in total. The van der Waals surface area contributed by atoms with Crippen molar-refractivity contribution in [3.05, 3.63) is 23.9 Å². The highest BCUT2D eigenvalue weighted by molar-refractivity contribution is 5.93. The predicted octanol–water partition coefficient (Wildman–Crippen LogP) is 1.63. The van der Waals surface area contributed by atoms with Crippen molar-refractivity contribution >= 4 is 11.8 Å². The van der Waals surface area contributed by atoms with Crippen molar-refractivity contribution < 1.29 is 18.0 Å². The topological polar surface area (TPSA) is 45.2 Å². The molecule has 4 nitrogen and oxygen atoms in total. The van der Waals surface area contributed by atoms with Crippen molar-refractivity contribution in [2.75, 3.05) is 18.0 Å². The first-order valence-corrected chi connectivity index (χ1v) is 4.57. The molecular formula is C9H8F3N3O. The Labute approximate surface area is 89.1 Å². The summed E-state index contributed by atoms with van der Waals surface area (Å²) in [6, 6.07) is 1.31. The van der Waals surface area contributed by atoms with E-state index < -0.39 is 17.8 Å². The quantitative estimate of drug-likeness (QED) is 0.798. The van der Waals surface area contributed by atoms with E-state index in [1.807, 2.05) is 0 Å². The lowest BCUT2D eigenvalue weighted by molar-refractivity contribution is -0.137. The van der Waals surface area contributed by atoms with Crippen LogP contribution in [0.1, 0.15) is 5.56 Å². The largest absolute Gasteiger partial charge is 0.416 e. The predicted molar refractivity (Wildman–Crippen MR) is 50.0 cm³/mol. The van der Waals surface area contributed by atoms with Gasteiger partial charge >= 0.3 is 12.2 Å². The maximum Gasteiger partial charge on any atom is 0.416 e. The molecule has 1 aromatic heterocycles. The highest BCUT2D eigenvalue weighted by Crippen LogP contribution is 2.30. The summed E-state index contributed by atoms with van der Waals surface area (Å²) in [5.74, 6) is 0.0184. The van der Waals surface area contributed by atoms with Crippen LogP contribution >= 0.6 is 0 Å². The van der Waals surface area contributed by atoms with Gasteiger partial charge in [0.25, 0.3) is 0 Å². The van der Waals surface area contributed by atoms with Crippen LogP contribution in [0.3, 0.4) is 0 Å². The number of carbonyl (C=O) groups is 1. The normalized spacial score (nSPS) is 16.4. The Morgan fingerprint density at radius 3 is 2.75 bits per heavy atom. The minimum Gasteiger partial charge on any atom is -0.336 e. The second kappa shape index (κ2) is 3.66. The zero-order valence-corrected chi connectivity index (χ0v) is 8.08. The molecule has 1 aliphatic rings. The third-order valence-corrected chi connectivity index (χ3v) is 2.21. The standard InChI is InChI=1S/C9H8F3N3O/c10-9(11,12)6-1-2-13-7(5-6)15-4-3-14-8(15)16/h1-2,5H,3-4H2,(H,14,16). The van der Waals surface area contributed by atoms with Crippen LogP contribution in [0.4, 0.5) is 23.8 Å². The van der Waals surface area contributed by atoms with Crippen molar-refractivity contribution in [2.24, 2.45) is 0 Å². The fraction of sp³-hybridized carbons (Fsp3) is 0.333. The van der Waals surface area contributed by atoms with E-state index in [2.05, 4.69) is 10.3 Å². The number of anilines is 1. The Hall–Kier alpha value is -1.79. The molecule has 0 bridgehead atoms. The van der Waals surface area contributed by atoms with Crippen LogP contribution in [0.25, 0.3) is 0 Å². The van der Waals surface area contributed by atoms with Crippen LogP contribution in [0, 0.1) is 0 Å². The third-order valence-electron chi connectivity index (χ3n) is 2.21. The monoisotopic (exact) mass is 231 g/mol. The van der Waals surface area contributed by atoms with Gasteiger partial charge in [-0.25, -0.2) is 9.78 Å². The van der Waals surface area contributed by atoms with Crippen molar-refractivity contribution in [3.63, 3.8) is 0 Å². The number of amides is 2. The molecule has 7 heteroatoms. The van der Waals surface area contributed by atoms with E-state index in [0.717, 1.165) is 18.3 Å². The van der Waals surface area contributed by atoms with Crippen LogP contribution < -0.4 is 10.2 Å². The van der Waals surface area contributed by atoms with E-state index in [9.17, 15) is 18.0 Å². The summed E-state index contributed by atoms with van der Waals surface area (Å²) in [4.78, 5) is 16.2. The van der Waals surface area contributed by atoms with E-state index in [-0.39, 0.29) is 5.82 Å². The molecule has 0 aromatic carbocycles. The maximum atomic E-state index is 12.4. The number of alkyl halides is 3. The number of rotatable bonds is 1. The van der Waals surface area contributed by atoms with Gasteiger partial charge in [0.1, 0.15) is 5.82 Å². The molecule has 1 fully saturated rings. The third kappa shape index (κ3) is 1.93. The van der Waals surface area contributed by atoms with Gasteiger partial charge < -0.3 is 5.32 Å². The summed E-state index contributed by atoms with van der Waals surface area (Å²) in [6.07, 6.45) is -3.38. The van der Waals surface area contributed by atoms with Crippen LogP contribution in [0.15, 0.2) is 18.3 Å². The lowest BCUT2D eigenvalue weighted by Crippen LogP contribution is -2.28. The molecule has 16 heavy (non-hydrogen) atoms. The van der Waals surface area contributed by atoms with Gasteiger partial charge in [0.15, 0.2) is 0 Å². The summed E-state index contributed by atoms with van der Waals surface area (Å²) >= 11 is 0. The first kappa shape index (κ1) is 10.7. The van der Waals surface area contributed by atoms with Crippen molar-refractivity contribution in [1.29, 1.82) is 0 Å². The van der Waals surface area contributed by atoms with Crippen LogP contribution in [-0.4, -0.2) is 24.1 Å². The second-order valence-corrected chi connectivity index (χ2v) is 3.28. The molecule has 2 heterocycles. The molecule has 0 spiro atoms. The van der Waals surface area contributed by atoms with Gasteiger partial charge in [-0.2, -0.15) is 13.2 Å². The van der Waals surface area contributed by atoms with Gasteiger partial charge in [0.05, 0.1) is 5.56 Å². The summed E-state index contributed by atoms with van der Waals surface area (Å²) in [6.45, 7) is 0.740. The number of halogens is 3. The molecule has 1 aliphatic heterocycles. The molecule has 0 saturated carbocycles. The number of pyridine rings is 1. The van der Waals surface area contributed by atoms with Crippen LogP contribution in [0.2, 0.25) is 0 Å². The first-order chi connectivity index (χ1) is 7.48. The fourth-order valence-corrected chi connectivity index (χ4v) is 1.43. The molecule has 1 saturated heterocycles. The number of nitrogens with zero attached hydrogens (tertiary/aromatic N) is 2. The molecule has 2 amide bonds. The highest BCUT2D eigenvalue weighted by atomic mass is 19.4. The summed E-state index contributed by atoms with van der Waals surface area (Å²) < 4.78 is 37.2. The van der Waals surface area contributed by atoms with E-state index in [1.54, 1.807) is 0 Å². The molecule has 2 rings (SSSR count). The number of hydrogen-bond donors (Lipinski definition) is 1. The van der Waals surface area contributed by atoms with Crippen LogP contribution in [0.5, 0.6) is 0 Å². The van der Waals surface area contributed by atoms with E-state index in [1.165, 1.54) is 4.90 Å². The van der Waals surface area contributed by atoms with Gasteiger partial charge in [0.2, 0.25) is 0 Å². The lowest BCUT2D eigenvalue weighted by atomic mass is 10.2. The molecule has 0 atom stereocenters. The summed E-state index contributed by atoms with van der Waals surface area (Å²) in [7, 11) is 0. The Morgan fingerprint density at radius 1 is 1.44 bits per heavy atom. The van der Waals surface area contributed by atoms with Gasteiger partial charge in [-0.1, -0.05) is 0 Å². The minimum atomic E-state index is -4.42. The number of urea groups is 1. The zero-order valence-electron chi connectivity index (χ0n) is 8.08. The van der Waals surface area contributed by atoms with Crippen molar-refractivity contribution in [2.45, 2.75) is 6.18 Å². The van der Waals surface area contributed by atoms with E-state index in [4.69, 9.17) is 0 Å². The van der Waals surface area contributed by atoms with E-state index in [0.29, 0.717) is 13.1 Å². The molecule has 0 aliphatic carbocycles. The Balaban J connectivity index is 2.32. The molecule has 86 valence electrons. The zero-order chi connectivity index (χ0) is 11.8. The number of hydrogen-bond acceptors (Lipinski definition) is 2. The molecule has 0 radical (unpaired) electrons. The lowest BCUT2D eigenvalue weighted by Gasteiger charge is -2.14. The summed E-state index contributed by atoms with van der Waals surface area (Å²) in [5.41, 5.74) is -0.808. The molecular weight excluding hydrogens is 223 g/mol.